The smallest absolute Gasteiger partial charge is 0.0699 e. The fourth-order valence-corrected chi connectivity index (χ4v) is 6.07. The van der Waals surface area contributed by atoms with Crippen LogP contribution in [0, 0.1) is 58.2 Å². The van der Waals surface area contributed by atoms with Gasteiger partial charge in [-0.15, -0.1) is 0 Å². The Labute approximate surface area is 76.5 Å². The van der Waals surface area contributed by atoms with E-state index in [4.69, 9.17) is 0 Å². The molecule has 2 bridgehead atoms. The fraction of sp³-hybridized carbons (Fsp3) is 0.909. The van der Waals surface area contributed by atoms with E-state index in [0.717, 1.165) is 36.0 Å². The minimum absolute atomic E-state index is 0.0461. The number of hydrogen-bond donors (Lipinski definition) is 1. The number of aliphatic hydroxyl groups is 1. The molecule has 0 aromatic rings. The molecule has 0 aromatic heterocycles. The third-order valence-corrected chi connectivity index (χ3v) is 6.03. The summed E-state index contributed by atoms with van der Waals surface area (Å²) in [5.74, 6) is 5.05. The summed E-state index contributed by atoms with van der Waals surface area (Å²) in [5.41, 5.74) is 0.0994. The average molecular weight is 173 g/mol. The Morgan fingerprint density at radius 3 is 2.54 bits per heavy atom. The average Bonchev–Trinajstić information content (AvgIpc) is 2.94. The molecule has 0 aliphatic heterocycles. The highest BCUT2D eigenvalue weighted by atomic mass is 16.3. The standard InChI is InChI=1S/C11H11NO/c12-2-11-8-3-1-4(13)6(10(8)11)7-5(3)9(7)11/h3-10,13H,1H2/t3-,4-,5+,6+,7+,8-,9-,10+,11+/m0/s1. The zero-order valence-corrected chi connectivity index (χ0v) is 7.22. The quantitative estimate of drug-likeness (QED) is 0.584. The number of nitrogens with zero attached hydrogens (tertiary/aromatic N) is 1. The van der Waals surface area contributed by atoms with E-state index in [2.05, 4.69) is 6.07 Å². The van der Waals surface area contributed by atoms with Gasteiger partial charge in [-0.1, -0.05) is 0 Å². The second kappa shape index (κ2) is 1.26. The largest absolute Gasteiger partial charge is 0.393 e. The van der Waals surface area contributed by atoms with Crippen molar-refractivity contribution in [2.45, 2.75) is 12.5 Å². The number of hydrogen-bond acceptors (Lipinski definition) is 2. The van der Waals surface area contributed by atoms with E-state index in [9.17, 15) is 10.4 Å². The van der Waals surface area contributed by atoms with Crippen LogP contribution < -0.4 is 0 Å². The lowest BCUT2D eigenvalue weighted by Gasteiger charge is -2.38. The van der Waals surface area contributed by atoms with Crippen LogP contribution >= 0.6 is 0 Å². The molecule has 0 unspecified atom stereocenters. The first kappa shape index (κ1) is 6.03. The second-order valence-electron chi connectivity index (χ2n) is 5.82. The molecule has 66 valence electrons. The molecular weight excluding hydrogens is 162 g/mol. The van der Waals surface area contributed by atoms with Gasteiger partial charge >= 0.3 is 0 Å². The fourth-order valence-electron chi connectivity index (χ4n) is 6.07. The molecular formula is C11H11NO. The van der Waals surface area contributed by atoms with Crippen LogP contribution in [0.4, 0.5) is 0 Å². The van der Waals surface area contributed by atoms with E-state index in [-0.39, 0.29) is 11.5 Å². The van der Waals surface area contributed by atoms with E-state index >= 15 is 0 Å². The van der Waals surface area contributed by atoms with Gasteiger partial charge in [0.15, 0.2) is 0 Å². The first-order valence-electron chi connectivity index (χ1n) is 5.41. The minimum atomic E-state index is -0.0461. The zero-order valence-electron chi connectivity index (χ0n) is 7.22. The van der Waals surface area contributed by atoms with Crippen molar-refractivity contribution >= 4 is 0 Å². The lowest BCUT2D eigenvalue weighted by Crippen LogP contribution is -2.39. The van der Waals surface area contributed by atoms with Crippen molar-refractivity contribution in [3.63, 3.8) is 0 Å². The van der Waals surface area contributed by atoms with Gasteiger partial charge in [-0.2, -0.15) is 5.26 Å². The predicted molar refractivity (Wildman–Crippen MR) is 43.1 cm³/mol. The Morgan fingerprint density at radius 1 is 1.15 bits per heavy atom. The molecule has 0 aromatic carbocycles. The Kier molecular flexibility index (Phi) is 0.587. The summed E-state index contributed by atoms with van der Waals surface area (Å²) in [6.45, 7) is 0. The number of nitriles is 1. The Balaban J connectivity index is 1.81. The summed E-state index contributed by atoms with van der Waals surface area (Å²) in [6.07, 6.45) is 0.975. The van der Waals surface area contributed by atoms with Gasteiger partial charge in [0.2, 0.25) is 0 Å². The summed E-state index contributed by atoms with van der Waals surface area (Å²) in [6, 6.07) is 2.61. The highest BCUT2D eigenvalue weighted by Crippen LogP contribution is 2.96. The molecule has 0 spiro atoms. The maximum atomic E-state index is 9.91. The molecule has 6 rings (SSSR count). The first-order chi connectivity index (χ1) is 6.32. The molecule has 2 nitrogen and oxygen atoms in total. The van der Waals surface area contributed by atoms with Crippen LogP contribution in [0.25, 0.3) is 0 Å². The van der Waals surface area contributed by atoms with Crippen LogP contribution in [0.15, 0.2) is 0 Å². The van der Waals surface area contributed by atoms with Crippen molar-refractivity contribution in [1.29, 1.82) is 5.26 Å². The lowest BCUT2D eigenvalue weighted by atomic mass is 9.69. The van der Waals surface area contributed by atoms with Gasteiger partial charge in [0, 0.05) is 0 Å². The van der Waals surface area contributed by atoms with Crippen LogP contribution in [0.1, 0.15) is 6.42 Å². The molecule has 0 amide bonds. The van der Waals surface area contributed by atoms with Gasteiger partial charge in [0.25, 0.3) is 0 Å². The molecule has 6 aliphatic carbocycles. The second-order valence-corrected chi connectivity index (χ2v) is 5.82. The van der Waals surface area contributed by atoms with E-state index in [1.807, 2.05) is 0 Å². The zero-order chi connectivity index (χ0) is 8.53. The molecule has 9 atom stereocenters. The van der Waals surface area contributed by atoms with E-state index in [1.54, 1.807) is 0 Å². The predicted octanol–water partition coefficient (Wildman–Crippen LogP) is 0.629. The van der Waals surface area contributed by atoms with Crippen molar-refractivity contribution < 1.29 is 5.11 Å². The Bertz CT molecular complexity index is 382. The summed E-state index contributed by atoms with van der Waals surface area (Å²) in [4.78, 5) is 0. The van der Waals surface area contributed by atoms with Crippen LogP contribution in [-0.4, -0.2) is 11.2 Å². The maximum absolute atomic E-state index is 9.91. The summed E-state index contributed by atoms with van der Waals surface area (Å²) >= 11 is 0. The van der Waals surface area contributed by atoms with E-state index < -0.39 is 0 Å². The van der Waals surface area contributed by atoms with Crippen LogP contribution in [0.3, 0.4) is 0 Å². The summed E-state index contributed by atoms with van der Waals surface area (Å²) < 4.78 is 0. The minimum Gasteiger partial charge on any atom is -0.393 e. The number of aliphatic hydroxyl groups excluding tert-OH is 1. The first-order valence-corrected chi connectivity index (χ1v) is 5.41. The molecule has 6 aliphatic rings. The molecule has 2 heteroatoms. The third kappa shape index (κ3) is 0.321. The van der Waals surface area contributed by atoms with Gasteiger partial charge in [-0.3, -0.25) is 0 Å². The van der Waals surface area contributed by atoms with E-state index in [1.165, 1.54) is 0 Å². The highest BCUT2D eigenvalue weighted by molar-refractivity contribution is 5.47. The monoisotopic (exact) mass is 173 g/mol. The summed E-state index contributed by atoms with van der Waals surface area (Å²) in [5, 5.41) is 19.2. The molecule has 6 saturated carbocycles. The summed E-state index contributed by atoms with van der Waals surface area (Å²) in [7, 11) is 0. The van der Waals surface area contributed by atoms with Gasteiger partial charge in [0.1, 0.15) is 0 Å². The third-order valence-electron chi connectivity index (χ3n) is 6.03. The molecule has 0 heterocycles. The molecule has 13 heavy (non-hydrogen) atoms. The van der Waals surface area contributed by atoms with Gasteiger partial charge < -0.3 is 5.11 Å². The molecule has 0 saturated heterocycles. The normalized spacial score (nSPS) is 83.7. The van der Waals surface area contributed by atoms with E-state index in [0.29, 0.717) is 11.8 Å². The van der Waals surface area contributed by atoms with Crippen molar-refractivity contribution in [1.82, 2.24) is 0 Å². The maximum Gasteiger partial charge on any atom is 0.0699 e. The topological polar surface area (TPSA) is 44.0 Å². The molecule has 0 radical (unpaired) electrons. The molecule has 1 N–H and O–H groups in total. The van der Waals surface area contributed by atoms with Crippen molar-refractivity contribution in [3.05, 3.63) is 0 Å². The highest BCUT2D eigenvalue weighted by Gasteiger charge is 2.97. The SMILES string of the molecule is N#C[C@@]12[C@@H]3[C@@H]4[C@H]3[C@@H]3C[C@H](O)[C@H]4[C@@H]1[C@H]32. The van der Waals surface area contributed by atoms with Crippen LogP contribution in [0.5, 0.6) is 0 Å². The Morgan fingerprint density at radius 2 is 2.00 bits per heavy atom. The molecule has 6 fully saturated rings. The van der Waals surface area contributed by atoms with Gasteiger partial charge in [-0.05, 0) is 47.8 Å². The van der Waals surface area contributed by atoms with Crippen molar-refractivity contribution in [3.8, 4) is 6.07 Å². The lowest BCUT2D eigenvalue weighted by molar-refractivity contribution is -0.0127. The van der Waals surface area contributed by atoms with Gasteiger partial charge in [-0.25, -0.2) is 0 Å². The Hall–Kier alpha value is -0.550. The van der Waals surface area contributed by atoms with Crippen LogP contribution in [0.2, 0.25) is 0 Å². The van der Waals surface area contributed by atoms with Crippen LogP contribution in [-0.2, 0) is 0 Å². The van der Waals surface area contributed by atoms with Gasteiger partial charge in [0.05, 0.1) is 17.6 Å². The van der Waals surface area contributed by atoms with Crippen molar-refractivity contribution in [2.75, 3.05) is 0 Å². The number of rotatable bonds is 0. The number of fused-ring (bicyclic) bond motifs is 1. The van der Waals surface area contributed by atoms with Crippen molar-refractivity contribution in [2.24, 2.45) is 46.8 Å².